The molecule has 3 nitrogen and oxygen atoms in total. The Hall–Kier alpha value is -1.51. The molecule has 0 amide bonds. The molecule has 0 radical (unpaired) electrons. The molecular weight excluding hydrogens is 537 g/mol. The molecule has 1 atom stereocenters. The summed E-state index contributed by atoms with van der Waals surface area (Å²) < 4.78 is 0. The fourth-order valence-electron chi connectivity index (χ4n) is 5.65. The minimum absolute atomic E-state index is 0. The van der Waals surface area contributed by atoms with Gasteiger partial charge in [0.15, 0.2) is 0 Å². The molecule has 0 bridgehead atoms. The Bertz CT molecular complexity index is 830. The summed E-state index contributed by atoms with van der Waals surface area (Å²) in [7, 11) is 0. The van der Waals surface area contributed by atoms with E-state index in [1.54, 1.807) is 24.3 Å². The summed E-state index contributed by atoms with van der Waals surface area (Å²) in [5.74, 6) is 0.959. The van der Waals surface area contributed by atoms with Crippen LogP contribution in [0.1, 0.15) is 133 Å². The molecule has 2 rings (SSSR count). The van der Waals surface area contributed by atoms with Crippen LogP contribution in [0.3, 0.4) is 0 Å². The first-order valence-corrected chi connectivity index (χ1v) is 15.0. The van der Waals surface area contributed by atoms with Gasteiger partial charge in [-0.1, -0.05) is 151 Å². The molecule has 2 aromatic carbocycles. The van der Waals surface area contributed by atoms with Crippen LogP contribution in [0.25, 0.3) is 0 Å². The van der Waals surface area contributed by atoms with E-state index < -0.39 is 0 Å². The van der Waals surface area contributed by atoms with Crippen LogP contribution < -0.4 is 15.9 Å². The molecule has 0 aliphatic heterocycles. The van der Waals surface area contributed by atoms with Crippen molar-refractivity contribution in [1.29, 1.82) is 0 Å². The van der Waals surface area contributed by atoms with Crippen molar-refractivity contribution in [2.45, 2.75) is 132 Å². The monoisotopic (exact) mass is 597 g/mol. The van der Waals surface area contributed by atoms with E-state index in [1.165, 1.54) is 36.8 Å². The van der Waals surface area contributed by atoms with Gasteiger partial charge in [0.25, 0.3) is 0 Å². The van der Waals surface area contributed by atoms with Crippen LogP contribution in [-0.4, -0.2) is 6.54 Å². The zero-order chi connectivity index (χ0) is 30.5. The largest absolute Gasteiger partial charge is 2.00 e. The standard InChI is InChI=1S/2C14H22O.C8H19N.Ni/c2*1-13(2,3)10-14(4,5)11-6-8-12(15)9-7-11;1-3-5-6-8(4-2)7-9;/h2*6-9,15H,10H2,1-5H3;8H,3-7,9H2,1-2H3;/q;;;+2/p-2. The Kier molecular flexibility index (Phi) is 18.4. The van der Waals surface area contributed by atoms with Gasteiger partial charge in [0.05, 0.1) is 0 Å². The van der Waals surface area contributed by atoms with E-state index in [-0.39, 0.29) is 38.8 Å². The Morgan fingerprint density at radius 2 is 0.950 bits per heavy atom. The van der Waals surface area contributed by atoms with Crippen molar-refractivity contribution >= 4 is 0 Å². The van der Waals surface area contributed by atoms with E-state index >= 15 is 0 Å². The van der Waals surface area contributed by atoms with Gasteiger partial charge in [-0.05, 0) is 64.5 Å². The van der Waals surface area contributed by atoms with Crippen molar-refractivity contribution in [2.75, 3.05) is 6.54 Å². The topological polar surface area (TPSA) is 72.1 Å². The number of benzene rings is 2. The van der Waals surface area contributed by atoms with E-state index in [0.29, 0.717) is 10.8 Å². The Balaban J connectivity index is 0. The van der Waals surface area contributed by atoms with Gasteiger partial charge in [-0.2, -0.15) is 0 Å². The van der Waals surface area contributed by atoms with Crippen LogP contribution in [0.5, 0.6) is 11.5 Å². The molecule has 232 valence electrons. The van der Waals surface area contributed by atoms with Crippen molar-refractivity contribution in [3.63, 3.8) is 0 Å². The van der Waals surface area contributed by atoms with Crippen LogP contribution in [0, 0.1) is 16.7 Å². The van der Waals surface area contributed by atoms with Gasteiger partial charge in [0.1, 0.15) is 0 Å². The smallest absolute Gasteiger partial charge is 0.872 e. The van der Waals surface area contributed by atoms with E-state index in [4.69, 9.17) is 5.73 Å². The zero-order valence-corrected chi connectivity index (χ0v) is 28.8. The molecule has 0 saturated heterocycles. The number of rotatable bonds is 9. The number of unbranched alkanes of at least 4 members (excludes halogenated alkanes) is 1. The van der Waals surface area contributed by atoms with Crippen LogP contribution in [-0.2, 0) is 27.3 Å². The summed E-state index contributed by atoms with van der Waals surface area (Å²) in [5, 5.41) is 22.1. The zero-order valence-electron chi connectivity index (χ0n) is 27.9. The summed E-state index contributed by atoms with van der Waals surface area (Å²) in [6.45, 7) is 27.7. The second-order valence-corrected chi connectivity index (χ2v) is 14.9. The normalized spacial score (nSPS) is 12.7. The predicted molar refractivity (Wildman–Crippen MR) is 168 cm³/mol. The number of hydrogen-bond donors (Lipinski definition) is 1. The minimum atomic E-state index is 0. The second-order valence-electron chi connectivity index (χ2n) is 14.9. The van der Waals surface area contributed by atoms with Crippen LogP contribution in [0.4, 0.5) is 0 Å². The third-order valence-electron chi connectivity index (χ3n) is 7.09. The van der Waals surface area contributed by atoms with Crippen molar-refractivity contribution < 1.29 is 26.7 Å². The quantitative estimate of drug-likeness (QED) is 0.293. The van der Waals surface area contributed by atoms with Gasteiger partial charge in [0, 0.05) is 0 Å². The molecular formula is C36H61NNiO2. The average molecular weight is 599 g/mol. The molecule has 0 aliphatic rings. The molecule has 0 aliphatic carbocycles. The molecule has 0 spiro atoms. The van der Waals surface area contributed by atoms with Crippen molar-refractivity contribution in [3.05, 3.63) is 59.7 Å². The Labute approximate surface area is 258 Å². The van der Waals surface area contributed by atoms with Crippen molar-refractivity contribution in [3.8, 4) is 11.5 Å². The van der Waals surface area contributed by atoms with Gasteiger partial charge in [-0.15, -0.1) is 11.5 Å². The van der Waals surface area contributed by atoms with E-state index in [1.807, 2.05) is 24.3 Å². The molecule has 0 fully saturated rings. The maximum absolute atomic E-state index is 11.0. The second kappa shape index (κ2) is 18.1. The van der Waals surface area contributed by atoms with Gasteiger partial charge < -0.3 is 15.9 Å². The summed E-state index contributed by atoms with van der Waals surface area (Å²) in [6, 6.07) is 14.4. The number of nitrogens with two attached hydrogens (primary N) is 1. The maximum Gasteiger partial charge on any atom is 2.00 e. The molecule has 2 aromatic rings. The first kappa shape index (κ1) is 40.6. The first-order valence-electron chi connectivity index (χ1n) is 15.0. The Morgan fingerprint density at radius 1 is 0.625 bits per heavy atom. The van der Waals surface area contributed by atoms with Crippen LogP contribution in [0.2, 0.25) is 0 Å². The van der Waals surface area contributed by atoms with Gasteiger partial charge in [-0.25, -0.2) is 0 Å². The molecule has 40 heavy (non-hydrogen) atoms. The predicted octanol–water partition coefficient (Wildman–Crippen LogP) is 9.11. The molecule has 0 heterocycles. The molecule has 2 N–H and O–H groups in total. The fourth-order valence-corrected chi connectivity index (χ4v) is 5.65. The molecule has 1 unspecified atom stereocenters. The van der Waals surface area contributed by atoms with Gasteiger partial charge >= 0.3 is 16.5 Å². The van der Waals surface area contributed by atoms with Gasteiger partial charge in [0.2, 0.25) is 0 Å². The SMILES string of the molecule is CC(C)(C)CC(C)(C)c1ccc([O-])cc1.CC(C)(C)CC(C)(C)c1ccc([O-])cc1.CCCCC(CC)CN.[Ni+2]. The van der Waals surface area contributed by atoms with E-state index in [0.717, 1.165) is 25.3 Å². The van der Waals surface area contributed by atoms with E-state index in [2.05, 4.69) is 83.1 Å². The minimum Gasteiger partial charge on any atom is -0.872 e. The first-order chi connectivity index (χ1) is 17.8. The molecule has 0 aromatic heterocycles. The third-order valence-corrected chi connectivity index (χ3v) is 7.09. The number of hydrogen-bond acceptors (Lipinski definition) is 3. The summed E-state index contributed by atoms with van der Waals surface area (Å²) >= 11 is 0. The molecule has 0 saturated carbocycles. The van der Waals surface area contributed by atoms with Crippen molar-refractivity contribution in [2.24, 2.45) is 22.5 Å². The van der Waals surface area contributed by atoms with Crippen LogP contribution in [0.15, 0.2) is 48.5 Å². The maximum atomic E-state index is 11.0. The van der Waals surface area contributed by atoms with Gasteiger partial charge in [-0.3, -0.25) is 0 Å². The summed E-state index contributed by atoms with van der Waals surface area (Å²) in [4.78, 5) is 0. The summed E-state index contributed by atoms with van der Waals surface area (Å²) in [6.07, 6.45) is 7.43. The summed E-state index contributed by atoms with van der Waals surface area (Å²) in [5.41, 5.74) is 8.89. The van der Waals surface area contributed by atoms with Crippen LogP contribution >= 0.6 is 0 Å². The Morgan fingerprint density at radius 3 is 1.18 bits per heavy atom. The van der Waals surface area contributed by atoms with E-state index in [9.17, 15) is 10.2 Å². The fraction of sp³-hybridized carbons (Fsp3) is 0.667. The third kappa shape index (κ3) is 18.0. The molecule has 4 heteroatoms. The van der Waals surface area contributed by atoms with Crippen molar-refractivity contribution in [1.82, 2.24) is 0 Å². The average Bonchev–Trinajstić information content (AvgIpc) is 2.78.